The van der Waals surface area contributed by atoms with E-state index in [-0.39, 0.29) is 0 Å². The maximum atomic E-state index is 3.44. The predicted molar refractivity (Wildman–Crippen MR) is 50.8 cm³/mol. The zero-order valence-corrected chi connectivity index (χ0v) is 8.28. The lowest BCUT2D eigenvalue weighted by Gasteiger charge is -2.22. The molecular formula is C9H22N2. The van der Waals surface area contributed by atoms with Crippen molar-refractivity contribution in [2.24, 2.45) is 5.92 Å². The summed E-state index contributed by atoms with van der Waals surface area (Å²) in [6, 6.07) is 0.637. The number of hydrogen-bond donors (Lipinski definition) is 2. The first-order valence-electron chi connectivity index (χ1n) is 4.64. The largest absolute Gasteiger partial charge is 0.319 e. The molecule has 0 aromatic carbocycles. The molecule has 0 spiro atoms. The summed E-state index contributed by atoms with van der Waals surface area (Å²) < 4.78 is 0. The van der Waals surface area contributed by atoms with Gasteiger partial charge in [-0.05, 0) is 33.0 Å². The van der Waals surface area contributed by atoms with Gasteiger partial charge in [-0.2, -0.15) is 0 Å². The normalized spacial score (nSPS) is 16.4. The van der Waals surface area contributed by atoms with E-state index in [4.69, 9.17) is 0 Å². The molecule has 0 aliphatic carbocycles. The van der Waals surface area contributed by atoms with E-state index >= 15 is 0 Å². The smallest absolute Gasteiger partial charge is 0.00788 e. The van der Waals surface area contributed by atoms with Gasteiger partial charge in [0.05, 0.1) is 0 Å². The van der Waals surface area contributed by atoms with Crippen molar-refractivity contribution in [3.8, 4) is 0 Å². The van der Waals surface area contributed by atoms with E-state index in [1.54, 1.807) is 0 Å². The molecule has 68 valence electrons. The highest BCUT2D eigenvalue weighted by Crippen LogP contribution is 2.06. The van der Waals surface area contributed by atoms with E-state index in [1.807, 2.05) is 7.05 Å². The van der Waals surface area contributed by atoms with Gasteiger partial charge in [-0.15, -0.1) is 0 Å². The minimum atomic E-state index is 0.637. The topological polar surface area (TPSA) is 24.1 Å². The third-order valence-corrected chi connectivity index (χ3v) is 2.22. The van der Waals surface area contributed by atoms with Crippen molar-refractivity contribution in [1.82, 2.24) is 10.6 Å². The Morgan fingerprint density at radius 1 is 1.27 bits per heavy atom. The Morgan fingerprint density at radius 2 is 1.91 bits per heavy atom. The van der Waals surface area contributed by atoms with E-state index in [0.29, 0.717) is 6.04 Å². The van der Waals surface area contributed by atoms with Crippen LogP contribution in [-0.2, 0) is 0 Å². The van der Waals surface area contributed by atoms with E-state index in [0.717, 1.165) is 19.0 Å². The molecule has 0 amide bonds. The molecule has 0 saturated carbocycles. The van der Waals surface area contributed by atoms with Crippen LogP contribution >= 0.6 is 0 Å². The van der Waals surface area contributed by atoms with Gasteiger partial charge in [-0.25, -0.2) is 0 Å². The second-order valence-electron chi connectivity index (χ2n) is 3.07. The van der Waals surface area contributed by atoms with Crippen LogP contribution in [0.4, 0.5) is 0 Å². The van der Waals surface area contributed by atoms with E-state index in [9.17, 15) is 0 Å². The van der Waals surface area contributed by atoms with E-state index in [2.05, 4.69) is 31.4 Å². The standard InChI is InChI=1S/C9H22N2/c1-5-9(7-10-4)8(3)11-6-2/h8-11H,5-7H2,1-4H3. The van der Waals surface area contributed by atoms with Crippen molar-refractivity contribution in [2.75, 3.05) is 20.1 Å². The quantitative estimate of drug-likeness (QED) is 0.607. The van der Waals surface area contributed by atoms with Gasteiger partial charge in [0.2, 0.25) is 0 Å². The van der Waals surface area contributed by atoms with Crippen molar-refractivity contribution in [1.29, 1.82) is 0 Å². The average Bonchev–Trinajstić information content (AvgIpc) is 2.00. The fourth-order valence-corrected chi connectivity index (χ4v) is 1.43. The molecule has 0 bridgehead atoms. The summed E-state index contributed by atoms with van der Waals surface area (Å²) in [5, 5.41) is 6.66. The summed E-state index contributed by atoms with van der Waals surface area (Å²) in [5.74, 6) is 0.764. The maximum absolute atomic E-state index is 3.44. The third kappa shape index (κ3) is 4.38. The molecule has 0 aromatic rings. The van der Waals surface area contributed by atoms with Crippen LogP contribution < -0.4 is 10.6 Å². The van der Waals surface area contributed by atoms with E-state index < -0.39 is 0 Å². The monoisotopic (exact) mass is 158 g/mol. The van der Waals surface area contributed by atoms with Gasteiger partial charge in [-0.1, -0.05) is 20.3 Å². The van der Waals surface area contributed by atoms with Crippen LogP contribution in [0.5, 0.6) is 0 Å². The maximum Gasteiger partial charge on any atom is 0.00788 e. The number of nitrogens with one attached hydrogen (secondary N) is 2. The van der Waals surface area contributed by atoms with Gasteiger partial charge in [0.15, 0.2) is 0 Å². The van der Waals surface area contributed by atoms with Gasteiger partial charge in [-0.3, -0.25) is 0 Å². The lowest BCUT2D eigenvalue weighted by molar-refractivity contribution is 0.360. The fraction of sp³-hybridized carbons (Fsp3) is 1.00. The highest BCUT2D eigenvalue weighted by Gasteiger charge is 2.12. The molecular weight excluding hydrogens is 136 g/mol. The third-order valence-electron chi connectivity index (χ3n) is 2.22. The van der Waals surface area contributed by atoms with Gasteiger partial charge in [0.25, 0.3) is 0 Å². The van der Waals surface area contributed by atoms with Crippen molar-refractivity contribution in [3.63, 3.8) is 0 Å². The number of rotatable bonds is 6. The molecule has 0 aliphatic heterocycles. The molecule has 0 aromatic heterocycles. The summed E-state index contributed by atoms with van der Waals surface area (Å²) >= 11 is 0. The van der Waals surface area contributed by atoms with Crippen LogP contribution in [0.1, 0.15) is 27.2 Å². The van der Waals surface area contributed by atoms with Crippen LogP contribution in [0.15, 0.2) is 0 Å². The van der Waals surface area contributed by atoms with Crippen molar-refractivity contribution < 1.29 is 0 Å². The molecule has 2 nitrogen and oxygen atoms in total. The summed E-state index contributed by atoms with van der Waals surface area (Å²) in [4.78, 5) is 0. The Morgan fingerprint density at radius 3 is 2.27 bits per heavy atom. The highest BCUT2D eigenvalue weighted by atomic mass is 14.9. The van der Waals surface area contributed by atoms with Crippen LogP contribution in [0.2, 0.25) is 0 Å². The van der Waals surface area contributed by atoms with Crippen molar-refractivity contribution in [2.45, 2.75) is 33.2 Å². The molecule has 0 rings (SSSR count). The Labute approximate surface area is 70.8 Å². The first-order valence-corrected chi connectivity index (χ1v) is 4.64. The Balaban J connectivity index is 3.61. The Bertz CT molecular complexity index is 83.6. The lowest BCUT2D eigenvalue weighted by atomic mass is 9.98. The van der Waals surface area contributed by atoms with Crippen LogP contribution in [-0.4, -0.2) is 26.2 Å². The van der Waals surface area contributed by atoms with Crippen molar-refractivity contribution >= 4 is 0 Å². The fourth-order valence-electron chi connectivity index (χ4n) is 1.43. The summed E-state index contributed by atoms with van der Waals surface area (Å²) in [6.07, 6.45) is 1.25. The van der Waals surface area contributed by atoms with Gasteiger partial charge in [0.1, 0.15) is 0 Å². The molecule has 0 radical (unpaired) electrons. The Kier molecular flexibility index (Phi) is 6.57. The molecule has 0 saturated heterocycles. The van der Waals surface area contributed by atoms with Gasteiger partial charge >= 0.3 is 0 Å². The Hall–Kier alpha value is -0.0800. The van der Waals surface area contributed by atoms with Gasteiger partial charge < -0.3 is 10.6 Å². The summed E-state index contributed by atoms with van der Waals surface area (Å²) in [6.45, 7) is 8.85. The molecule has 2 atom stereocenters. The van der Waals surface area contributed by atoms with Crippen LogP contribution in [0.3, 0.4) is 0 Å². The van der Waals surface area contributed by atoms with Crippen molar-refractivity contribution in [3.05, 3.63) is 0 Å². The molecule has 0 heterocycles. The SMILES string of the molecule is CCNC(C)C(CC)CNC. The minimum Gasteiger partial charge on any atom is -0.319 e. The molecule has 11 heavy (non-hydrogen) atoms. The zero-order chi connectivity index (χ0) is 8.69. The first kappa shape index (κ1) is 10.9. The zero-order valence-electron chi connectivity index (χ0n) is 8.28. The second-order valence-corrected chi connectivity index (χ2v) is 3.07. The molecule has 2 unspecified atom stereocenters. The summed E-state index contributed by atoms with van der Waals surface area (Å²) in [7, 11) is 2.02. The lowest BCUT2D eigenvalue weighted by Crippen LogP contribution is -2.37. The van der Waals surface area contributed by atoms with E-state index in [1.165, 1.54) is 6.42 Å². The molecule has 2 N–H and O–H groups in total. The minimum absolute atomic E-state index is 0.637. The second kappa shape index (κ2) is 6.62. The number of hydrogen-bond acceptors (Lipinski definition) is 2. The average molecular weight is 158 g/mol. The molecule has 2 heteroatoms. The molecule has 0 fully saturated rings. The van der Waals surface area contributed by atoms with Gasteiger partial charge in [0, 0.05) is 6.04 Å². The van der Waals surface area contributed by atoms with Crippen LogP contribution in [0, 0.1) is 5.92 Å². The predicted octanol–water partition coefficient (Wildman–Crippen LogP) is 1.23. The molecule has 0 aliphatic rings. The first-order chi connectivity index (χ1) is 5.26. The highest BCUT2D eigenvalue weighted by molar-refractivity contribution is 4.71. The van der Waals surface area contributed by atoms with Crippen LogP contribution in [0.25, 0.3) is 0 Å². The summed E-state index contributed by atoms with van der Waals surface area (Å²) in [5.41, 5.74) is 0.